The highest BCUT2D eigenvalue weighted by molar-refractivity contribution is 5.89. The number of morpholine rings is 1. The highest BCUT2D eigenvalue weighted by atomic mass is 16.5. The van der Waals surface area contributed by atoms with Gasteiger partial charge >= 0.3 is 6.03 Å². The largest absolute Gasteiger partial charge is 0.378 e. The van der Waals surface area contributed by atoms with Crippen LogP contribution in [-0.2, 0) is 9.84 Å². The van der Waals surface area contributed by atoms with Crippen LogP contribution in [0.4, 0.5) is 10.5 Å². The topological polar surface area (TPSA) is 61.5 Å². The predicted molar refractivity (Wildman–Crippen MR) is 72.4 cm³/mol. The van der Waals surface area contributed by atoms with E-state index in [1.54, 1.807) is 17.1 Å². The molecule has 1 aromatic carbocycles. The van der Waals surface area contributed by atoms with Crippen molar-refractivity contribution in [1.82, 2.24) is 4.90 Å². The lowest BCUT2D eigenvalue weighted by molar-refractivity contribution is 0.0564. The Balaban J connectivity index is 1.97. The Morgan fingerprint density at radius 2 is 2.16 bits per heavy atom. The number of ether oxygens (including phenoxy) is 1. The second kappa shape index (κ2) is 6.92. The molecule has 0 aromatic heterocycles. The molecule has 1 N–H and O–H groups in total. The van der Waals surface area contributed by atoms with Crippen molar-refractivity contribution in [3.63, 3.8) is 0 Å². The Morgan fingerprint density at radius 3 is 2.89 bits per heavy atom. The molecule has 0 unspecified atom stereocenters. The second-order valence-electron chi connectivity index (χ2n) is 4.22. The van der Waals surface area contributed by atoms with Gasteiger partial charge in [-0.2, -0.15) is 0 Å². The lowest BCUT2D eigenvalue weighted by Gasteiger charge is -2.26. The van der Waals surface area contributed by atoms with E-state index in [2.05, 4.69) is 5.32 Å². The number of nitrogens with one attached hydrogen (secondary N) is 1. The number of carbonyl (C=O) groups excluding carboxylic acids is 1. The highest BCUT2D eigenvalue weighted by Crippen LogP contribution is 2.13. The highest BCUT2D eigenvalue weighted by Gasteiger charge is 2.16. The first-order valence-corrected chi connectivity index (χ1v) is 6.28. The summed E-state index contributed by atoms with van der Waals surface area (Å²) in [7, 11) is 0. The Hall–Kier alpha value is -1.85. The van der Waals surface area contributed by atoms with E-state index in [4.69, 9.17) is 4.74 Å². The number of benzene rings is 1. The predicted octanol–water partition coefficient (Wildman–Crippen LogP) is 1.99. The van der Waals surface area contributed by atoms with E-state index in [9.17, 15) is 9.90 Å². The maximum atomic E-state index is 12.0. The van der Waals surface area contributed by atoms with Crippen LogP contribution < -0.4 is 5.32 Å². The molecule has 19 heavy (non-hydrogen) atoms. The van der Waals surface area contributed by atoms with E-state index in [1.807, 2.05) is 24.3 Å². The molecule has 1 fully saturated rings. The van der Waals surface area contributed by atoms with E-state index in [-0.39, 0.29) is 12.6 Å². The lowest BCUT2D eigenvalue weighted by Crippen LogP contribution is -2.43. The van der Waals surface area contributed by atoms with Crippen LogP contribution in [-0.4, -0.2) is 43.8 Å². The summed E-state index contributed by atoms with van der Waals surface area (Å²) in [5, 5.41) is 13.2. The molecule has 1 radical (unpaired) electrons. The zero-order chi connectivity index (χ0) is 13.5. The molecule has 1 aliphatic rings. The van der Waals surface area contributed by atoms with Crippen LogP contribution >= 0.6 is 0 Å². The van der Waals surface area contributed by atoms with Crippen LogP contribution in [0.15, 0.2) is 30.3 Å². The molecule has 0 saturated carbocycles. The van der Waals surface area contributed by atoms with E-state index in [1.165, 1.54) is 0 Å². The number of carbonyl (C=O) groups is 1. The van der Waals surface area contributed by atoms with Crippen molar-refractivity contribution >= 4 is 17.8 Å². The van der Waals surface area contributed by atoms with Gasteiger partial charge in [0.15, 0.2) is 0 Å². The number of urea groups is 1. The minimum absolute atomic E-state index is 0.117. The Kier molecular flexibility index (Phi) is 4.94. The number of rotatable bonds is 3. The summed E-state index contributed by atoms with van der Waals surface area (Å²) in [6, 6.07) is 7.28. The number of nitrogens with zero attached hydrogens (tertiary/aromatic N) is 1. The van der Waals surface area contributed by atoms with E-state index >= 15 is 0 Å². The summed E-state index contributed by atoms with van der Waals surface area (Å²) in [6.45, 7) is 2.15. The van der Waals surface area contributed by atoms with Crippen LogP contribution in [0.5, 0.6) is 0 Å². The molecule has 1 heterocycles. The van der Waals surface area contributed by atoms with Crippen molar-refractivity contribution < 1.29 is 14.6 Å². The van der Waals surface area contributed by atoms with Crippen molar-refractivity contribution in [2.24, 2.45) is 0 Å². The fraction of sp³-hybridized carbons (Fsp3) is 0.357. The Morgan fingerprint density at radius 1 is 1.37 bits per heavy atom. The molecule has 0 atom stereocenters. The second-order valence-corrected chi connectivity index (χ2v) is 4.22. The van der Waals surface area contributed by atoms with Gasteiger partial charge in [0.05, 0.1) is 13.2 Å². The molecule has 1 aromatic rings. The van der Waals surface area contributed by atoms with E-state index in [0.29, 0.717) is 26.3 Å². The van der Waals surface area contributed by atoms with E-state index in [0.717, 1.165) is 11.3 Å². The van der Waals surface area contributed by atoms with Crippen LogP contribution in [0, 0.1) is 0 Å². The van der Waals surface area contributed by atoms with Crippen LogP contribution in [0.1, 0.15) is 5.56 Å². The van der Waals surface area contributed by atoms with Gasteiger partial charge in [0.2, 0.25) is 0 Å². The van der Waals surface area contributed by atoms with E-state index < -0.39 is 0 Å². The maximum absolute atomic E-state index is 12.0. The molecular formula is C14H17N2O3. The molecular weight excluding hydrogens is 244 g/mol. The third-order valence-electron chi connectivity index (χ3n) is 2.84. The third-order valence-corrected chi connectivity index (χ3v) is 2.84. The summed E-state index contributed by atoms with van der Waals surface area (Å²) in [5.74, 6) is 0. The average molecular weight is 261 g/mol. The van der Waals surface area contributed by atoms with Crippen LogP contribution in [0.2, 0.25) is 0 Å². The van der Waals surface area contributed by atoms with Crippen molar-refractivity contribution in [3.05, 3.63) is 35.9 Å². The Bertz CT molecular complexity index is 454. The van der Waals surface area contributed by atoms with Gasteiger partial charge in [-0.25, -0.2) is 9.90 Å². The van der Waals surface area contributed by atoms with Gasteiger partial charge in [0, 0.05) is 18.8 Å². The van der Waals surface area contributed by atoms with Gasteiger partial charge in [-0.3, -0.25) is 0 Å². The first kappa shape index (κ1) is 13.6. The SMILES string of the molecule is [O]C/C=C/c1cccc(NC(=O)N2CCOCC2)c1. The monoisotopic (exact) mass is 261 g/mol. The third kappa shape index (κ3) is 4.08. The number of hydrogen-bond donors (Lipinski definition) is 1. The van der Waals surface area contributed by atoms with Crippen molar-refractivity contribution in [2.75, 3.05) is 38.2 Å². The molecule has 5 heteroatoms. The molecule has 1 aliphatic heterocycles. The molecule has 5 nitrogen and oxygen atoms in total. The minimum atomic E-state index is -0.246. The molecule has 0 bridgehead atoms. The molecule has 101 valence electrons. The average Bonchev–Trinajstić information content (AvgIpc) is 2.46. The van der Waals surface area contributed by atoms with Gasteiger partial charge in [-0.05, 0) is 17.7 Å². The smallest absolute Gasteiger partial charge is 0.321 e. The van der Waals surface area contributed by atoms with Gasteiger partial charge < -0.3 is 15.0 Å². The van der Waals surface area contributed by atoms with Gasteiger partial charge in [0.1, 0.15) is 6.61 Å². The number of hydrogen-bond acceptors (Lipinski definition) is 2. The zero-order valence-corrected chi connectivity index (χ0v) is 10.7. The number of amides is 2. The summed E-state index contributed by atoms with van der Waals surface area (Å²) in [4.78, 5) is 13.7. The maximum Gasteiger partial charge on any atom is 0.321 e. The minimum Gasteiger partial charge on any atom is -0.378 e. The van der Waals surface area contributed by atoms with Gasteiger partial charge in [-0.1, -0.05) is 24.3 Å². The lowest BCUT2D eigenvalue weighted by atomic mass is 10.2. The molecule has 1 saturated heterocycles. The normalized spacial score (nSPS) is 15.7. The van der Waals surface area contributed by atoms with Gasteiger partial charge in [0.25, 0.3) is 0 Å². The summed E-state index contributed by atoms with van der Waals surface area (Å²) in [6.07, 6.45) is 3.29. The van der Waals surface area contributed by atoms with Crippen molar-refractivity contribution in [2.45, 2.75) is 0 Å². The summed E-state index contributed by atoms with van der Waals surface area (Å²) in [5.41, 5.74) is 1.63. The quantitative estimate of drug-likeness (QED) is 0.904. The fourth-order valence-electron chi connectivity index (χ4n) is 1.87. The molecule has 2 rings (SSSR count). The van der Waals surface area contributed by atoms with Gasteiger partial charge in [-0.15, -0.1) is 0 Å². The first-order chi connectivity index (χ1) is 9.29. The summed E-state index contributed by atoms with van der Waals surface area (Å²) < 4.78 is 5.20. The summed E-state index contributed by atoms with van der Waals surface area (Å²) >= 11 is 0. The number of anilines is 1. The van der Waals surface area contributed by atoms with Crippen molar-refractivity contribution in [1.29, 1.82) is 0 Å². The molecule has 2 amide bonds. The van der Waals surface area contributed by atoms with Crippen LogP contribution in [0.25, 0.3) is 6.08 Å². The fourth-order valence-corrected chi connectivity index (χ4v) is 1.87. The molecule has 0 aliphatic carbocycles. The Labute approximate surface area is 112 Å². The molecule has 0 spiro atoms. The van der Waals surface area contributed by atoms with Crippen LogP contribution in [0.3, 0.4) is 0 Å². The first-order valence-electron chi connectivity index (χ1n) is 6.28. The van der Waals surface area contributed by atoms with Crippen molar-refractivity contribution in [3.8, 4) is 0 Å². The standard InChI is InChI=1S/C14H17N2O3/c17-8-2-4-12-3-1-5-13(11-12)15-14(18)16-6-9-19-10-7-16/h1-5,11H,6-10H2,(H,15,18)/b4-2+. The zero-order valence-electron chi connectivity index (χ0n) is 10.7.